The van der Waals surface area contributed by atoms with Crippen molar-refractivity contribution in [3.8, 4) is 0 Å². The fraction of sp³-hybridized carbons (Fsp3) is 0.650. The molecule has 0 bridgehead atoms. The Kier molecular flexibility index (Phi) is 6.79. The fourth-order valence-electron chi connectivity index (χ4n) is 5.16. The van der Waals surface area contributed by atoms with Crippen LogP contribution in [0.25, 0.3) is 0 Å². The van der Waals surface area contributed by atoms with Crippen LogP contribution in [0.1, 0.15) is 36.8 Å². The first-order valence-electron chi connectivity index (χ1n) is 9.86. The molecular weight excluding hydrogens is 508 g/mol. The number of hydrogen-bond acceptors (Lipinski definition) is 4. The van der Waals surface area contributed by atoms with E-state index >= 15 is 0 Å². The van der Waals surface area contributed by atoms with Crippen LogP contribution < -0.4 is 10.6 Å². The number of rotatable bonds is 5. The van der Waals surface area contributed by atoms with E-state index in [0.717, 1.165) is 13.0 Å². The maximum atomic E-state index is 13.7. The molecule has 1 heterocycles. The van der Waals surface area contributed by atoms with Crippen LogP contribution in [-0.2, 0) is 26.9 Å². The Morgan fingerprint density at radius 3 is 2.72 bits per heavy atom. The number of halogens is 2. The van der Waals surface area contributed by atoms with E-state index in [4.69, 9.17) is 4.74 Å². The molecule has 3 unspecified atom stereocenters. The van der Waals surface area contributed by atoms with E-state index in [0.29, 0.717) is 41.7 Å². The molecule has 29 heavy (non-hydrogen) atoms. The number of nitrogens with zero attached hydrogens (tertiary/aromatic N) is 1. The number of aliphatic imine (C=N–C) groups is 1. The first kappa shape index (κ1) is 22.7. The van der Waals surface area contributed by atoms with E-state index < -0.39 is 9.84 Å². The zero-order valence-electron chi connectivity index (χ0n) is 16.8. The van der Waals surface area contributed by atoms with Crippen molar-refractivity contribution in [1.82, 2.24) is 10.6 Å². The summed E-state index contributed by atoms with van der Waals surface area (Å²) in [7, 11) is -1.49. The van der Waals surface area contributed by atoms with Gasteiger partial charge >= 0.3 is 0 Å². The zero-order valence-corrected chi connectivity index (χ0v) is 19.9. The lowest BCUT2D eigenvalue weighted by molar-refractivity contribution is -0.171. The van der Waals surface area contributed by atoms with Crippen molar-refractivity contribution in [2.45, 2.75) is 50.1 Å². The van der Waals surface area contributed by atoms with Crippen LogP contribution in [0.4, 0.5) is 4.39 Å². The highest BCUT2D eigenvalue weighted by Crippen LogP contribution is 2.62. The zero-order chi connectivity index (χ0) is 19.9. The molecule has 2 aliphatic carbocycles. The van der Waals surface area contributed by atoms with Crippen molar-refractivity contribution in [2.75, 3.05) is 19.9 Å². The third kappa shape index (κ3) is 4.41. The molecule has 1 aliphatic heterocycles. The normalized spacial score (nSPS) is 27.4. The highest BCUT2D eigenvalue weighted by Gasteiger charge is 2.66. The predicted molar refractivity (Wildman–Crippen MR) is 122 cm³/mol. The van der Waals surface area contributed by atoms with Crippen LogP contribution >= 0.6 is 24.0 Å². The number of benzene rings is 1. The van der Waals surface area contributed by atoms with E-state index in [1.54, 1.807) is 13.1 Å². The van der Waals surface area contributed by atoms with Gasteiger partial charge in [-0.15, -0.1) is 24.0 Å². The maximum Gasteiger partial charge on any atom is 0.191 e. The summed E-state index contributed by atoms with van der Waals surface area (Å²) in [4.78, 5) is 4.33. The molecule has 1 aromatic carbocycles. The van der Waals surface area contributed by atoms with Crippen LogP contribution in [0.2, 0.25) is 0 Å². The van der Waals surface area contributed by atoms with Crippen molar-refractivity contribution in [3.63, 3.8) is 0 Å². The van der Waals surface area contributed by atoms with Gasteiger partial charge in [-0.05, 0) is 42.5 Å². The van der Waals surface area contributed by atoms with Crippen LogP contribution in [0.15, 0.2) is 23.2 Å². The van der Waals surface area contributed by atoms with Crippen molar-refractivity contribution in [3.05, 3.63) is 35.1 Å². The second-order valence-electron chi connectivity index (χ2n) is 8.36. The molecule has 3 fully saturated rings. The minimum absolute atomic E-state index is 0. The minimum atomic E-state index is -3.20. The van der Waals surface area contributed by atoms with E-state index in [1.807, 2.05) is 0 Å². The van der Waals surface area contributed by atoms with Crippen LogP contribution in [0.3, 0.4) is 0 Å². The van der Waals surface area contributed by atoms with Gasteiger partial charge < -0.3 is 15.4 Å². The largest absolute Gasteiger partial charge is 0.377 e. The van der Waals surface area contributed by atoms with Gasteiger partial charge in [-0.25, -0.2) is 12.8 Å². The molecule has 0 aromatic heterocycles. The number of fused-ring (bicyclic) bond motifs is 2. The molecule has 6 nitrogen and oxygen atoms in total. The molecular formula is C20H29FIN3O3S. The lowest BCUT2D eigenvalue weighted by Gasteiger charge is -2.63. The van der Waals surface area contributed by atoms with E-state index in [-0.39, 0.29) is 41.0 Å². The average Bonchev–Trinajstić information content (AvgIpc) is 3.00. The SMILES string of the molecule is CN=C(NCc1cc(F)ccc1CS(C)(=O)=O)NC1C2CCOC2C12CCC2.I. The molecule has 0 radical (unpaired) electrons. The summed E-state index contributed by atoms with van der Waals surface area (Å²) >= 11 is 0. The second-order valence-corrected chi connectivity index (χ2v) is 10.5. The second kappa shape index (κ2) is 8.66. The van der Waals surface area contributed by atoms with Gasteiger partial charge in [0.2, 0.25) is 0 Å². The third-order valence-corrected chi connectivity index (χ3v) is 7.42. The molecule has 3 atom stereocenters. The summed E-state index contributed by atoms with van der Waals surface area (Å²) < 4.78 is 43.0. The van der Waals surface area contributed by atoms with E-state index in [9.17, 15) is 12.8 Å². The van der Waals surface area contributed by atoms with Gasteiger partial charge in [0, 0.05) is 43.8 Å². The summed E-state index contributed by atoms with van der Waals surface area (Å²) in [6, 6.07) is 4.58. The van der Waals surface area contributed by atoms with Gasteiger partial charge in [0.1, 0.15) is 5.82 Å². The molecule has 162 valence electrons. The summed E-state index contributed by atoms with van der Waals surface area (Å²) in [5, 5.41) is 6.81. The van der Waals surface area contributed by atoms with Gasteiger partial charge in [-0.3, -0.25) is 4.99 Å². The summed E-state index contributed by atoms with van der Waals surface area (Å²) in [5.74, 6) is 0.698. The molecule has 2 N–H and O–H groups in total. The monoisotopic (exact) mass is 537 g/mol. The van der Waals surface area contributed by atoms with Gasteiger partial charge in [-0.2, -0.15) is 0 Å². The van der Waals surface area contributed by atoms with Crippen molar-refractivity contribution < 1.29 is 17.5 Å². The minimum Gasteiger partial charge on any atom is -0.377 e. The molecule has 1 spiro atoms. The molecule has 9 heteroatoms. The highest BCUT2D eigenvalue weighted by molar-refractivity contribution is 14.0. The number of guanidine groups is 1. The van der Waals surface area contributed by atoms with Crippen LogP contribution in [-0.4, -0.2) is 46.4 Å². The van der Waals surface area contributed by atoms with Gasteiger partial charge in [0.05, 0.1) is 11.9 Å². The van der Waals surface area contributed by atoms with Crippen molar-refractivity contribution >= 4 is 39.8 Å². The number of ether oxygens (including phenoxy) is 1. The van der Waals surface area contributed by atoms with E-state index in [1.165, 1.54) is 37.7 Å². The maximum absolute atomic E-state index is 13.7. The highest BCUT2D eigenvalue weighted by atomic mass is 127. The predicted octanol–water partition coefficient (Wildman–Crippen LogP) is 2.61. The molecule has 4 rings (SSSR count). The van der Waals surface area contributed by atoms with Crippen LogP contribution in [0.5, 0.6) is 0 Å². The average molecular weight is 537 g/mol. The molecule has 2 saturated carbocycles. The Hall–Kier alpha value is -0.940. The summed E-state index contributed by atoms with van der Waals surface area (Å²) in [6.45, 7) is 1.14. The Labute approximate surface area is 189 Å². The third-order valence-electron chi connectivity index (χ3n) is 6.58. The van der Waals surface area contributed by atoms with Gasteiger partial charge in [0.15, 0.2) is 15.8 Å². The van der Waals surface area contributed by atoms with Crippen LogP contribution in [0, 0.1) is 17.2 Å². The fourth-order valence-corrected chi connectivity index (χ4v) is 6.01. The van der Waals surface area contributed by atoms with Gasteiger partial charge in [-0.1, -0.05) is 12.5 Å². The van der Waals surface area contributed by atoms with Crippen molar-refractivity contribution in [2.24, 2.45) is 16.3 Å². The topological polar surface area (TPSA) is 79.8 Å². The summed E-state index contributed by atoms with van der Waals surface area (Å²) in [6.07, 6.45) is 6.25. The standard InChI is InChI=1S/C20H28FN3O3S.HI/c1-22-19(24-17-16-6-9-27-18(16)20(17)7-3-8-20)23-11-14-10-15(21)5-4-13(14)12-28(2,25)26;/h4-5,10,16-18H,3,6-9,11-12H2,1-2H3,(H2,22,23,24);1H. The Bertz CT molecular complexity index is 889. The summed E-state index contributed by atoms with van der Waals surface area (Å²) in [5.41, 5.74) is 1.47. The first-order valence-corrected chi connectivity index (χ1v) is 11.9. The Morgan fingerprint density at radius 2 is 2.10 bits per heavy atom. The number of sulfone groups is 1. The lowest BCUT2D eigenvalue weighted by Crippen LogP contribution is -2.72. The van der Waals surface area contributed by atoms with E-state index in [2.05, 4.69) is 15.6 Å². The van der Waals surface area contributed by atoms with Crippen molar-refractivity contribution in [1.29, 1.82) is 0 Å². The molecule has 0 amide bonds. The smallest absolute Gasteiger partial charge is 0.191 e. The molecule has 3 aliphatic rings. The van der Waals surface area contributed by atoms with Gasteiger partial charge in [0.25, 0.3) is 0 Å². The molecule has 1 aromatic rings. The quantitative estimate of drug-likeness (QED) is 0.343. The lowest BCUT2D eigenvalue weighted by atomic mass is 9.46. The Balaban J connectivity index is 0.00000240. The molecule has 1 saturated heterocycles. The number of hydrogen-bond donors (Lipinski definition) is 2. The Morgan fingerprint density at radius 1 is 1.34 bits per heavy atom. The first-order chi connectivity index (χ1) is 13.3. The number of nitrogens with one attached hydrogen (secondary N) is 2.